The first-order valence-corrected chi connectivity index (χ1v) is 8.73. The highest BCUT2D eigenvalue weighted by Gasteiger charge is 2.11. The molecule has 1 heterocycles. The lowest BCUT2D eigenvalue weighted by Crippen LogP contribution is -2.20. The second-order valence-electron chi connectivity index (χ2n) is 5.40. The van der Waals surface area contributed by atoms with E-state index < -0.39 is 5.56 Å². The number of carbonyl (C=O) groups is 2. The minimum atomic E-state index is -0.398. The summed E-state index contributed by atoms with van der Waals surface area (Å²) in [5, 5.41) is 2.51. The summed E-state index contributed by atoms with van der Waals surface area (Å²) in [5.41, 5.74) is 0.270. The van der Waals surface area contributed by atoms with Crippen LogP contribution < -0.4 is 15.6 Å². The number of pyridine rings is 1. The number of H-pyrrole nitrogens is 1. The van der Waals surface area contributed by atoms with E-state index in [9.17, 15) is 14.4 Å². The zero-order valence-electron chi connectivity index (χ0n) is 13.8. The molecule has 0 saturated carbocycles. The monoisotopic (exact) mass is 406 g/mol. The van der Waals surface area contributed by atoms with E-state index in [1.165, 1.54) is 12.3 Å². The number of benzene rings is 1. The molecule has 0 aliphatic rings. The number of Topliss-reactive ketones (excluding diaryl/α,β-unsaturated/α-hetero) is 1. The van der Waals surface area contributed by atoms with E-state index in [1.54, 1.807) is 24.3 Å². The second-order valence-corrected chi connectivity index (χ2v) is 6.32. The first kappa shape index (κ1) is 18.9. The van der Waals surface area contributed by atoms with Crippen LogP contribution in [0.1, 0.15) is 36.5 Å². The van der Waals surface area contributed by atoms with Gasteiger partial charge in [-0.1, -0.05) is 6.92 Å². The first-order valence-electron chi connectivity index (χ1n) is 7.93. The number of ketones is 1. The molecule has 1 aromatic carbocycles. The number of hydrogen-bond donors (Lipinski definition) is 2. The Balaban J connectivity index is 1.87. The van der Waals surface area contributed by atoms with Crippen LogP contribution >= 0.6 is 15.9 Å². The lowest BCUT2D eigenvalue weighted by Gasteiger charge is -2.06. The maximum atomic E-state index is 12.2. The van der Waals surface area contributed by atoms with Crippen molar-refractivity contribution in [2.75, 3.05) is 11.9 Å². The third-order valence-corrected chi connectivity index (χ3v) is 3.83. The number of hydrogen-bond acceptors (Lipinski definition) is 4. The quantitative estimate of drug-likeness (QED) is 0.656. The average Bonchev–Trinajstić information content (AvgIpc) is 2.61. The zero-order valence-corrected chi connectivity index (χ0v) is 15.4. The van der Waals surface area contributed by atoms with Crippen LogP contribution in [0.25, 0.3) is 0 Å². The van der Waals surface area contributed by atoms with Crippen LogP contribution in [-0.2, 0) is 4.79 Å². The fraction of sp³-hybridized carbons (Fsp3) is 0.278. The molecule has 0 fully saturated rings. The van der Waals surface area contributed by atoms with Crippen molar-refractivity contribution in [3.05, 3.63) is 56.9 Å². The first-order chi connectivity index (χ1) is 12.0. The number of halogens is 1. The molecule has 1 amide bonds. The van der Waals surface area contributed by atoms with Gasteiger partial charge >= 0.3 is 0 Å². The summed E-state index contributed by atoms with van der Waals surface area (Å²) >= 11 is 3.21. The normalized spacial score (nSPS) is 10.3. The Labute approximate surface area is 153 Å². The van der Waals surface area contributed by atoms with Crippen molar-refractivity contribution in [1.29, 1.82) is 0 Å². The molecule has 132 valence electrons. The van der Waals surface area contributed by atoms with Crippen LogP contribution in [0.15, 0.2) is 45.8 Å². The molecule has 0 bridgehead atoms. The van der Waals surface area contributed by atoms with Crippen LogP contribution in [0.3, 0.4) is 0 Å². The maximum absolute atomic E-state index is 12.2. The Morgan fingerprint density at radius 1 is 1.20 bits per heavy atom. The molecule has 0 aliphatic heterocycles. The number of rotatable bonds is 8. The van der Waals surface area contributed by atoms with Gasteiger partial charge in [0.05, 0.1) is 6.61 Å². The van der Waals surface area contributed by atoms with E-state index in [0.29, 0.717) is 22.4 Å². The molecule has 0 saturated heterocycles. The maximum Gasteiger partial charge on any atom is 0.271 e. The van der Waals surface area contributed by atoms with Crippen molar-refractivity contribution in [2.24, 2.45) is 0 Å². The molecule has 7 heteroatoms. The third kappa shape index (κ3) is 5.86. The van der Waals surface area contributed by atoms with Gasteiger partial charge in [0, 0.05) is 29.1 Å². The minimum absolute atomic E-state index is 0.00112. The predicted molar refractivity (Wildman–Crippen MR) is 99.2 cm³/mol. The summed E-state index contributed by atoms with van der Waals surface area (Å²) in [7, 11) is 0. The van der Waals surface area contributed by atoms with Gasteiger partial charge in [-0.15, -0.1) is 0 Å². The van der Waals surface area contributed by atoms with Crippen LogP contribution in [0, 0.1) is 0 Å². The van der Waals surface area contributed by atoms with Crippen molar-refractivity contribution in [1.82, 2.24) is 4.98 Å². The summed E-state index contributed by atoms with van der Waals surface area (Å²) in [6.45, 7) is 2.65. The summed E-state index contributed by atoms with van der Waals surface area (Å²) in [6, 6.07) is 8.36. The number of ether oxygens (including phenoxy) is 1. The van der Waals surface area contributed by atoms with Crippen LogP contribution in [0.2, 0.25) is 0 Å². The summed E-state index contributed by atoms with van der Waals surface area (Å²) in [5.74, 6) is 0.185. The number of carbonyl (C=O) groups excluding carboxylic acids is 2. The highest BCUT2D eigenvalue weighted by Crippen LogP contribution is 2.15. The number of aromatic amines is 1. The van der Waals surface area contributed by atoms with E-state index in [-0.39, 0.29) is 30.2 Å². The van der Waals surface area contributed by atoms with Crippen LogP contribution in [0.4, 0.5) is 5.69 Å². The lowest BCUT2D eigenvalue weighted by atomic mass is 10.1. The Hall–Kier alpha value is -2.41. The largest absolute Gasteiger partial charge is 0.494 e. The predicted octanol–water partition coefficient (Wildman–Crippen LogP) is 3.53. The molecule has 2 aromatic rings. The van der Waals surface area contributed by atoms with Crippen molar-refractivity contribution >= 4 is 33.3 Å². The van der Waals surface area contributed by atoms with Gasteiger partial charge in [-0.2, -0.15) is 0 Å². The standard InChI is InChI=1S/C18H19BrN2O4/c1-2-9-25-14-5-3-12(4-6-14)16(22)7-8-17(23)21-15-10-13(19)11-20-18(15)24/h3-6,10-11H,2,7-9H2,1H3,(H,20,24)(H,21,23). The van der Waals surface area contributed by atoms with Crippen molar-refractivity contribution < 1.29 is 14.3 Å². The van der Waals surface area contributed by atoms with E-state index in [1.807, 2.05) is 6.92 Å². The molecule has 0 spiro atoms. The van der Waals surface area contributed by atoms with Gasteiger partial charge in [0.15, 0.2) is 5.78 Å². The molecule has 0 atom stereocenters. The minimum Gasteiger partial charge on any atom is -0.494 e. The van der Waals surface area contributed by atoms with Gasteiger partial charge in [-0.25, -0.2) is 0 Å². The average molecular weight is 407 g/mol. The van der Waals surface area contributed by atoms with Crippen LogP contribution in [0.5, 0.6) is 5.75 Å². The smallest absolute Gasteiger partial charge is 0.271 e. The molecule has 2 rings (SSSR count). The molecular formula is C18H19BrN2O4. The molecule has 0 unspecified atom stereocenters. The zero-order chi connectivity index (χ0) is 18.2. The summed E-state index contributed by atoms with van der Waals surface area (Å²) < 4.78 is 6.11. The Morgan fingerprint density at radius 2 is 1.92 bits per heavy atom. The van der Waals surface area contributed by atoms with E-state index in [2.05, 4.69) is 26.2 Å². The van der Waals surface area contributed by atoms with Gasteiger partial charge in [0.25, 0.3) is 5.56 Å². The van der Waals surface area contributed by atoms with E-state index in [4.69, 9.17) is 4.74 Å². The molecule has 0 radical (unpaired) electrons. The molecule has 2 N–H and O–H groups in total. The van der Waals surface area contributed by atoms with Gasteiger partial charge in [0.2, 0.25) is 5.91 Å². The fourth-order valence-electron chi connectivity index (χ4n) is 2.09. The number of amides is 1. The van der Waals surface area contributed by atoms with Gasteiger partial charge < -0.3 is 15.0 Å². The van der Waals surface area contributed by atoms with E-state index in [0.717, 1.165) is 6.42 Å². The Morgan fingerprint density at radius 3 is 2.60 bits per heavy atom. The van der Waals surface area contributed by atoms with E-state index >= 15 is 0 Å². The topological polar surface area (TPSA) is 88.3 Å². The lowest BCUT2D eigenvalue weighted by molar-refractivity contribution is -0.116. The van der Waals surface area contributed by atoms with Crippen molar-refractivity contribution in [2.45, 2.75) is 26.2 Å². The Kier molecular flexibility index (Phi) is 6.94. The van der Waals surface area contributed by atoms with Crippen molar-refractivity contribution in [3.63, 3.8) is 0 Å². The molecule has 0 aliphatic carbocycles. The highest BCUT2D eigenvalue weighted by atomic mass is 79.9. The molecule has 6 nitrogen and oxygen atoms in total. The van der Waals surface area contributed by atoms with Gasteiger partial charge in [-0.3, -0.25) is 14.4 Å². The summed E-state index contributed by atoms with van der Waals surface area (Å²) in [6.07, 6.45) is 2.46. The second kappa shape index (κ2) is 9.17. The Bertz CT molecular complexity index is 799. The summed E-state index contributed by atoms with van der Waals surface area (Å²) in [4.78, 5) is 38.2. The third-order valence-electron chi connectivity index (χ3n) is 3.37. The number of aromatic nitrogens is 1. The van der Waals surface area contributed by atoms with Crippen molar-refractivity contribution in [3.8, 4) is 5.75 Å². The van der Waals surface area contributed by atoms with Crippen LogP contribution in [-0.4, -0.2) is 23.3 Å². The number of nitrogens with one attached hydrogen (secondary N) is 2. The van der Waals surface area contributed by atoms with Gasteiger partial charge in [0.1, 0.15) is 11.4 Å². The molecule has 25 heavy (non-hydrogen) atoms. The number of anilines is 1. The SMILES string of the molecule is CCCOc1ccc(C(=O)CCC(=O)Nc2cc(Br)c[nH]c2=O)cc1. The van der Waals surface area contributed by atoms with Gasteiger partial charge in [-0.05, 0) is 52.7 Å². The molecule has 1 aromatic heterocycles. The molecular weight excluding hydrogens is 388 g/mol. The highest BCUT2D eigenvalue weighted by molar-refractivity contribution is 9.10. The fourth-order valence-corrected chi connectivity index (χ4v) is 2.43.